The van der Waals surface area contributed by atoms with Crippen molar-refractivity contribution in [3.63, 3.8) is 0 Å². The van der Waals surface area contributed by atoms with Gasteiger partial charge in [-0.15, -0.1) is 0 Å². The van der Waals surface area contributed by atoms with Crippen molar-refractivity contribution in [2.24, 2.45) is 0 Å². The third kappa shape index (κ3) is 3.60. The quantitative estimate of drug-likeness (QED) is 0.848. The van der Waals surface area contributed by atoms with Gasteiger partial charge < -0.3 is 5.32 Å². The van der Waals surface area contributed by atoms with Gasteiger partial charge in [0.15, 0.2) is 0 Å². The fraction of sp³-hybridized carbons (Fsp3) is 0.0667. The van der Waals surface area contributed by atoms with Crippen LogP contribution in [0.15, 0.2) is 54.6 Å². The molecule has 2 aromatic rings. The largest absolute Gasteiger partial charge is 0.381 e. The van der Waals surface area contributed by atoms with E-state index in [0.717, 1.165) is 11.3 Å². The highest BCUT2D eigenvalue weighted by Gasteiger charge is 1.99. The van der Waals surface area contributed by atoms with E-state index in [2.05, 4.69) is 5.32 Å². The molecule has 0 aliphatic rings. The monoisotopic (exact) mass is 261 g/mol. The van der Waals surface area contributed by atoms with E-state index in [1.807, 2.05) is 42.5 Å². The first-order valence-electron chi connectivity index (χ1n) is 5.66. The first-order chi connectivity index (χ1) is 8.75. The minimum Gasteiger partial charge on any atom is -0.381 e. The number of anilines is 1. The molecule has 1 nitrogen and oxygen atoms in total. The normalized spacial score (nSPS) is 10.8. The second kappa shape index (κ2) is 6.22. The number of benzene rings is 2. The Bertz CT molecular complexity index is 537. The van der Waals surface area contributed by atoms with Crippen LogP contribution in [-0.4, -0.2) is 6.54 Å². The van der Waals surface area contributed by atoms with E-state index in [-0.39, 0.29) is 5.02 Å². The third-order valence-corrected chi connectivity index (χ3v) is 2.76. The Morgan fingerprint density at radius 2 is 1.89 bits per heavy atom. The summed E-state index contributed by atoms with van der Waals surface area (Å²) in [6.45, 7) is 0.635. The summed E-state index contributed by atoms with van der Waals surface area (Å²) in [6, 6.07) is 14.7. The zero-order chi connectivity index (χ0) is 12.8. The van der Waals surface area contributed by atoms with Crippen molar-refractivity contribution in [2.75, 3.05) is 11.9 Å². The third-order valence-electron chi connectivity index (χ3n) is 2.45. The molecular weight excluding hydrogens is 249 g/mol. The van der Waals surface area contributed by atoms with E-state index < -0.39 is 5.82 Å². The molecule has 0 spiro atoms. The molecule has 0 saturated heterocycles. The summed E-state index contributed by atoms with van der Waals surface area (Å²) in [7, 11) is 0. The highest BCUT2D eigenvalue weighted by atomic mass is 35.5. The Hall–Kier alpha value is -1.80. The number of hydrogen-bond donors (Lipinski definition) is 1. The molecule has 0 bridgehead atoms. The van der Waals surface area contributed by atoms with Crippen molar-refractivity contribution in [3.05, 3.63) is 71.0 Å². The molecule has 1 N–H and O–H groups in total. The second-order valence-electron chi connectivity index (χ2n) is 3.82. The van der Waals surface area contributed by atoms with Crippen molar-refractivity contribution in [3.8, 4) is 0 Å². The minimum atomic E-state index is -0.409. The molecule has 92 valence electrons. The molecule has 0 heterocycles. The second-order valence-corrected chi connectivity index (χ2v) is 4.23. The topological polar surface area (TPSA) is 12.0 Å². The van der Waals surface area contributed by atoms with Gasteiger partial charge in [0.2, 0.25) is 0 Å². The molecule has 3 heteroatoms. The molecule has 18 heavy (non-hydrogen) atoms. The van der Waals surface area contributed by atoms with Crippen LogP contribution in [0.2, 0.25) is 5.02 Å². The van der Waals surface area contributed by atoms with Crippen molar-refractivity contribution in [2.45, 2.75) is 0 Å². The molecule has 0 fully saturated rings. The number of hydrogen-bond acceptors (Lipinski definition) is 1. The lowest BCUT2D eigenvalue weighted by Crippen LogP contribution is -1.98. The van der Waals surface area contributed by atoms with Crippen LogP contribution in [0.3, 0.4) is 0 Å². The van der Waals surface area contributed by atoms with E-state index in [4.69, 9.17) is 11.6 Å². The number of rotatable bonds is 4. The molecule has 2 aromatic carbocycles. The van der Waals surface area contributed by atoms with E-state index in [1.165, 1.54) is 6.07 Å². The fourth-order valence-corrected chi connectivity index (χ4v) is 1.66. The molecule has 0 aliphatic carbocycles. The first kappa shape index (κ1) is 12.7. The summed E-state index contributed by atoms with van der Waals surface area (Å²) in [5.41, 5.74) is 1.86. The van der Waals surface area contributed by atoms with Crippen LogP contribution < -0.4 is 5.32 Å². The smallest absolute Gasteiger partial charge is 0.143 e. The Kier molecular flexibility index (Phi) is 4.37. The van der Waals surface area contributed by atoms with Gasteiger partial charge in [-0.05, 0) is 23.8 Å². The van der Waals surface area contributed by atoms with Crippen LogP contribution in [0.4, 0.5) is 10.1 Å². The van der Waals surface area contributed by atoms with Gasteiger partial charge in [-0.1, -0.05) is 54.1 Å². The fourth-order valence-electron chi connectivity index (χ4n) is 1.54. The van der Waals surface area contributed by atoms with Crippen molar-refractivity contribution < 1.29 is 4.39 Å². The molecule has 0 amide bonds. The van der Waals surface area contributed by atoms with Crippen LogP contribution in [0.5, 0.6) is 0 Å². The maximum absolute atomic E-state index is 13.2. The zero-order valence-electron chi connectivity index (χ0n) is 9.74. The van der Waals surface area contributed by atoms with Crippen LogP contribution in [0.25, 0.3) is 6.08 Å². The van der Waals surface area contributed by atoms with Crippen LogP contribution in [0, 0.1) is 5.82 Å². The average Bonchev–Trinajstić information content (AvgIpc) is 2.40. The van der Waals surface area contributed by atoms with E-state index in [0.29, 0.717) is 6.54 Å². The lowest BCUT2D eigenvalue weighted by molar-refractivity contribution is 0.629. The molecule has 0 unspecified atom stereocenters. The van der Waals surface area contributed by atoms with E-state index in [9.17, 15) is 4.39 Å². The summed E-state index contributed by atoms with van der Waals surface area (Å²) in [5, 5.41) is 3.24. The SMILES string of the molecule is Fc1cc(NC/C=C/c2ccccc2)ccc1Cl. The van der Waals surface area contributed by atoms with Crippen molar-refractivity contribution in [1.82, 2.24) is 0 Å². The zero-order valence-corrected chi connectivity index (χ0v) is 10.5. The van der Waals surface area contributed by atoms with Gasteiger partial charge in [0.05, 0.1) is 5.02 Å². The molecule has 0 aromatic heterocycles. The lowest BCUT2D eigenvalue weighted by Gasteiger charge is -2.03. The van der Waals surface area contributed by atoms with E-state index >= 15 is 0 Å². The minimum absolute atomic E-state index is 0.139. The molecular formula is C15H13ClFN. The van der Waals surface area contributed by atoms with Gasteiger partial charge in [0, 0.05) is 12.2 Å². The van der Waals surface area contributed by atoms with Gasteiger partial charge in [0.1, 0.15) is 5.82 Å². The van der Waals surface area contributed by atoms with Crippen LogP contribution in [0.1, 0.15) is 5.56 Å². The maximum atomic E-state index is 13.2. The molecule has 0 aliphatic heterocycles. The summed E-state index contributed by atoms with van der Waals surface area (Å²) >= 11 is 5.61. The van der Waals surface area contributed by atoms with Gasteiger partial charge in [-0.2, -0.15) is 0 Å². The predicted molar refractivity (Wildman–Crippen MR) is 75.4 cm³/mol. The highest BCUT2D eigenvalue weighted by molar-refractivity contribution is 6.30. The molecule has 2 rings (SSSR count). The summed E-state index contributed by atoms with van der Waals surface area (Å²) in [6.07, 6.45) is 4.00. The standard InChI is InChI=1S/C15H13ClFN/c16-14-9-8-13(11-15(14)17)18-10-4-7-12-5-2-1-3-6-12/h1-9,11,18H,10H2/b7-4+. The Morgan fingerprint density at radius 1 is 1.11 bits per heavy atom. The first-order valence-corrected chi connectivity index (χ1v) is 6.04. The Morgan fingerprint density at radius 3 is 2.61 bits per heavy atom. The highest BCUT2D eigenvalue weighted by Crippen LogP contribution is 2.18. The molecule has 0 atom stereocenters. The summed E-state index contributed by atoms with van der Waals surface area (Å²) in [5.74, 6) is -0.409. The van der Waals surface area contributed by atoms with Crippen LogP contribution in [-0.2, 0) is 0 Å². The lowest BCUT2D eigenvalue weighted by atomic mass is 10.2. The predicted octanol–water partition coefficient (Wildman–Crippen LogP) is 4.60. The van der Waals surface area contributed by atoms with Crippen molar-refractivity contribution >= 4 is 23.4 Å². The number of halogens is 2. The van der Waals surface area contributed by atoms with Gasteiger partial charge in [-0.3, -0.25) is 0 Å². The molecule has 0 saturated carbocycles. The Balaban J connectivity index is 1.89. The maximum Gasteiger partial charge on any atom is 0.143 e. The van der Waals surface area contributed by atoms with Gasteiger partial charge >= 0.3 is 0 Å². The van der Waals surface area contributed by atoms with Gasteiger partial charge in [0.25, 0.3) is 0 Å². The number of nitrogens with one attached hydrogen (secondary N) is 1. The van der Waals surface area contributed by atoms with Gasteiger partial charge in [-0.25, -0.2) is 4.39 Å². The summed E-state index contributed by atoms with van der Waals surface area (Å²) < 4.78 is 13.2. The van der Waals surface area contributed by atoms with Crippen molar-refractivity contribution in [1.29, 1.82) is 0 Å². The Labute approximate surface area is 111 Å². The summed E-state index contributed by atoms with van der Waals surface area (Å²) in [4.78, 5) is 0. The van der Waals surface area contributed by atoms with Crippen LogP contribution >= 0.6 is 11.6 Å². The average molecular weight is 262 g/mol. The van der Waals surface area contributed by atoms with E-state index in [1.54, 1.807) is 12.1 Å². The molecule has 0 radical (unpaired) electrons.